The minimum absolute atomic E-state index is 0.137. The zero-order valence-electron chi connectivity index (χ0n) is 21.4. The summed E-state index contributed by atoms with van der Waals surface area (Å²) in [5.74, 6) is 0.303. The van der Waals surface area contributed by atoms with E-state index >= 15 is 0 Å². The monoisotopic (exact) mass is 541 g/mol. The van der Waals surface area contributed by atoms with Crippen molar-refractivity contribution in [1.29, 1.82) is 0 Å². The maximum absolute atomic E-state index is 13.0. The van der Waals surface area contributed by atoms with Crippen LogP contribution in [0.4, 0.5) is 10.3 Å². The number of aromatic nitrogens is 2. The Bertz CT molecular complexity index is 1290. The molecule has 5 heterocycles. The fourth-order valence-corrected chi connectivity index (χ4v) is 7.88. The number of aryl methyl sites for hydroxylation is 1. The van der Waals surface area contributed by atoms with Gasteiger partial charge in [0.15, 0.2) is 10.3 Å². The molecule has 0 spiro atoms. The summed E-state index contributed by atoms with van der Waals surface area (Å²) in [6, 6.07) is 2.47. The molecule has 3 saturated heterocycles. The molecule has 0 saturated carbocycles. The molecule has 9 nitrogen and oxygen atoms in total. The van der Waals surface area contributed by atoms with Crippen LogP contribution in [-0.4, -0.2) is 94.9 Å². The lowest BCUT2D eigenvalue weighted by atomic mass is 10.2. The lowest BCUT2D eigenvalue weighted by Gasteiger charge is -2.28. The number of nitrogens with one attached hydrogen (secondary N) is 2. The van der Waals surface area contributed by atoms with Gasteiger partial charge in [-0.3, -0.25) is 9.59 Å². The minimum atomic E-state index is 0.137. The van der Waals surface area contributed by atoms with Crippen LogP contribution < -0.4 is 10.6 Å². The Labute approximate surface area is 225 Å². The molecule has 2 N–H and O–H groups in total. The molecule has 37 heavy (non-hydrogen) atoms. The van der Waals surface area contributed by atoms with Crippen molar-refractivity contribution in [3.05, 3.63) is 11.6 Å². The van der Waals surface area contributed by atoms with Crippen molar-refractivity contribution in [3.63, 3.8) is 0 Å². The van der Waals surface area contributed by atoms with E-state index in [2.05, 4.69) is 26.5 Å². The molecule has 3 aliphatic rings. The highest BCUT2D eigenvalue weighted by atomic mass is 32.1. The predicted octanol–water partition coefficient (Wildman–Crippen LogP) is 3.75. The average molecular weight is 542 g/mol. The normalized spacial score (nSPS) is 20.5. The van der Waals surface area contributed by atoms with E-state index < -0.39 is 0 Å². The first-order valence-corrected chi connectivity index (χ1v) is 15.2. The van der Waals surface area contributed by atoms with Gasteiger partial charge in [-0.1, -0.05) is 22.7 Å². The van der Waals surface area contributed by atoms with E-state index in [4.69, 9.17) is 9.97 Å². The SMILES string of the molecule is Cc1c2nc(NCC(=O)N3CCCC3)sc2cc2sc(NCC(=O)N3CCCC3CN3CCCC3)nc12. The van der Waals surface area contributed by atoms with Crippen molar-refractivity contribution in [3.8, 4) is 0 Å². The van der Waals surface area contributed by atoms with Gasteiger partial charge in [-0.25, -0.2) is 9.97 Å². The number of anilines is 2. The van der Waals surface area contributed by atoms with E-state index in [-0.39, 0.29) is 24.9 Å². The van der Waals surface area contributed by atoms with E-state index in [0.29, 0.717) is 6.04 Å². The van der Waals surface area contributed by atoms with E-state index in [1.807, 2.05) is 11.8 Å². The zero-order chi connectivity index (χ0) is 25.4. The van der Waals surface area contributed by atoms with E-state index in [1.165, 1.54) is 25.9 Å². The Balaban J connectivity index is 1.09. The highest BCUT2D eigenvalue weighted by Gasteiger charge is 2.30. The number of likely N-dealkylation sites (tertiary alicyclic amines) is 3. The third-order valence-corrected chi connectivity index (χ3v) is 9.81. The van der Waals surface area contributed by atoms with Crippen molar-refractivity contribution in [2.45, 2.75) is 51.5 Å². The van der Waals surface area contributed by atoms with Gasteiger partial charge < -0.3 is 25.3 Å². The van der Waals surface area contributed by atoms with Crippen molar-refractivity contribution in [1.82, 2.24) is 24.7 Å². The van der Waals surface area contributed by atoms with Crippen LogP contribution in [0.15, 0.2) is 6.07 Å². The highest BCUT2D eigenvalue weighted by Crippen LogP contribution is 2.37. The van der Waals surface area contributed by atoms with Crippen LogP contribution in [0.25, 0.3) is 20.4 Å². The van der Waals surface area contributed by atoms with Crippen LogP contribution in [0, 0.1) is 6.92 Å². The number of benzene rings is 1. The molecule has 3 aliphatic heterocycles. The van der Waals surface area contributed by atoms with Crippen LogP contribution in [0.5, 0.6) is 0 Å². The lowest BCUT2D eigenvalue weighted by Crippen LogP contribution is -2.44. The van der Waals surface area contributed by atoms with E-state index in [1.54, 1.807) is 22.7 Å². The second kappa shape index (κ2) is 10.7. The molecule has 3 aromatic rings. The van der Waals surface area contributed by atoms with Gasteiger partial charge in [0, 0.05) is 37.8 Å². The average Bonchev–Trinajstić information content (AvgIpc) is 3.71. The summed E-state index contributed by atoms with van der Waals surface area (Å²) in [4.78, 5) is 41.5. The number of carbonyl (C=O) groups excluding carboxylic acids is 2. The van der Waals surface area contributed by atoms with Crippen molar-refractivity contribution < 1.29 is 9.59 Å². The van der Waals surface area contributed by atoms with E-state index in [0.717, 1.165) is 88.1 Å². The molecule has 1 unspecified atom stereocenters. The molecule has 0 bridgehead atoms. The predicted molar refractivity (Wildman–Crippen MR) is 151 cm³/mol. The summed E-state index contributed by atoms with van der Waals surface area (Å²) in [5, 5.41) is 8.06. The lowest BCUT2D eigenvalue weighted by molar-refractivity contribution is -0.130. The summed E-state index contributed by atoms with van der Waals surface area (Å²) in [7, 11) is 0. The maximum atomic E-state index is 13.0. The number of amides is 2. The topological polar surface area (TPSA) is 93.7 Å². The standard InChI is InChI=1S/C26H35N7O2S2/c1-17-23-19(36-25(29-23)27-14-21(34)32-10-4-5-11-32)13-20-24(17)30-26(37-20)28-15-22(35)33-12-6-7-18(33)16-31-8-2-3-9-31/h13,18H,2-12,14-16H2,1H3,(H,27,29)(H,28,30). The number of hydrogen-bond donors (Lipinski definition) is 2. The highest BCUT2D eigenvalue weighted by molar-refractivity contribution is 7.24. The molecule has 1 atom stereocenters. The fraction of sp³-hybridized carbons (Fsp3) is 0.615. The van der Waals surface area contributed by atoms with Gasteiger partial charge in [-0.15, -0.1) is 0 Å². The van der Waals surface area contributed by atoms with Gasteiger partial charge in [-0.05, 0) is 64.6 Å². The summed E-state index contributed by atoms with van der Waals surface area (Å²) in [5.41, 5.74) is 2.87. The first kappa shape index (κ1) is 24.8. The Morgan fingerprint density at radius 1 is 0.865 bits per heavy atom. The van der Waals surface area contributed by atoms with E-state index in [9.17, 15) is 9.59 Å². The number of carbonyl (C=O) groups is 2. The van der Waals surface area contributed by atoms with Gasteiger partial charge in [0.1, 0.15) is 0 Å². The molecule has 1 aromatic carbocycles. The molecular weight excluding hydrogens is 506 g/mol. The first-order valence-electron chi connectivity index (χ1n) is 13.5. The van der Waals surface area contributed by atoms with Crippen LogP contribution in [-0.2, 0) is 9.59 Å². The zero-order valence-corrected chi connectivity index (χ0v) is 23.1. The van der Waals surface area contributed by atoms with Crippen LogP contribution in [0.3, 0.4) is 0 Å². The van der Waals surface area contributed by atoms with Gasteiger partial charge in [0.2, 0.25) is 11.8 Å². The van der Waals surface area contributed by atoms with Crippen LogP contribution >= 0.6 is 22.7 Å². The van der Waals surface area contributed by atoms with Gasteiger partial charge in [0.25, 0.3) is 0 Å². The molecule has 3 fully saturated rings. The molecule has 11 heteroatoms. The van der Waals surface area contributed by atoms with Crippen LogP contribution in [0.2, 0.25) is 0 Å². The molecular formula is C26H35N7O2S2. The minimum Gasteiger partial charge on any atom is -0.352 e. The summed E-state index contributed by atoms with van der Waals surface area (Å²) in [6.07, 6.45) is 6.95. The van der Waals surface area contributed by atoms with Crippen molar-refractivity contribution in [2.75, 3.05) is 63.0 Å². The third-order valence-electron chi connectivity index (χ3n) is 7.88. The van der Waals surface area contributed by atoms with Gasteiger partial charge in [0.05, 0.1) is 33.5 Å². The summed E-state index contributed by atoms with van der Waals surface area (Å²) >= 11 is 3.15. The fourth-order valence-electron chi connectivity index (χ4n) is 5.88. The summed E-state index contributed by atoms with van der Waals surface area (Å²) < 4.78 is 2.16. The first-order chi connectivity index (χ1) is 18.0. The largest absolute Gasteiger partial charge is 0.352 e. The third kappa shape index (κ3) is 5.26. The van der Waals surface area contributed by atoms with Crippen LogP contribution in [0.1, 0.15) is 44.1 Å². The smallest absolute Gasteiger partial charge is 0.242 e. The Morgan fingerprint density at radius 2 is 1.46 bits per heavy atom. The molecule has 6 rings (SSSR count). The van der Waals surface area contributed by atoms with Crippen molar-refractivity contribution in [2.24, 2.45) is 0 Å². The summed E-state index contributed by atoms with van der Waals surface area (Å²) in [6.45, 7) is 8.54. The number of hydrogen-bond acceptors (Lipinski definition) is 9. The quantitative estimate of drug-likeness (QED) is 0.449. The van der Waals surface area contributed by atoms with Gasteiger partial charge in [-0.2, -0.15) is 0 Å². The molecule has 198 valence electrons. The Kier molecular flexibility index (Phi) is 7.18. The number of nitrogens with zero attached hydrogens (tertiary/aromatic N) is 5. The number of rotatable bonds is 8. The molecule has 2 aromatic heterocycles. The molecule has 2 amide bonds. The maximum Gasteiger partial charge on any atom is 0.242 e. The van der Waals surface area contributed by atoms with Gasteiger partial charge >= 0.3 is 0 Å². The van der Waals surface area contributed by atoms with Crippen molar-refractivity contribution >= 4 is 65.2 Å². The molecule has 0 radical (unpaired) electrons. The Morgan fingerprint density at radius 3 is 2.11 bits per heavy atom. The Hall–Kier alpha value is -2.50. The second-order valence-electron chi connectivity index (χ2n) is 10.4. The molecule has 0 aliphatic carbocycles. The number of thiazole rings is 2. The number of fused-ring (bicyclic) bond motifs is 2. The second-order valence-corrected chi connectivity index (χ2v) is 12.5.